The smallest absolute Gasteiger partial charge is 0.392 e. The minimum atomic E-state index is -4.87. The van der Waals surface area contributed by atoms with Gasteiger partial charge in [-0.1, -0.05) is 12.1 Å². The van der Waals surface area contributed by atoms with Crippen LogP contribution in [0.25, 0.3) is 0 Å². The topological polar surface area (TPSA) is 127 Å². The number of nitrogens with one attached hydrogen (secondary N) is 1. The van der Waals surface area contributed by atoms with Crippen molar-refractivity contribution in [3.63, 3.8) is 0 Å². The maximum absolute atomic E-state index is 12.2. The van der Waals surface area contributed by atoms with Gasteiger partial charge >= 0.3 is 13.6 Å². The molecule has 120 valence electrons. The standard InChI is InChI=1S/C13H17N2O6P/c16-8-9-3-1-4-10(7-9)14-13(18)15-6-2-5-11(15)12(17)22(19,20)21/h1,3-4,7,11,16H,2,5-6,8H2,(H,14,18)(H2,19,20,21)/t11-/m0/s1. The fraction of sp³-hybridized carbons (Fsp3) is 0.385. The molecule has 2 rings (SSSR count). The maximum atomic E-state index is 12.2. The van der Waals surface area contributed by atoms with Crippen LogP contribution >= 0.6 is 7.60 Å². The van der Waals surface area contributed by atoms with E-state index in [9.17, 15) is 14.2 Å². The fourth-order valence-electron chi connectivity index (χ4n) is 2.40. The molecule has 0 bridgehead atoms. The van der Waals surface area contributed by atoms with Gasteiger partial charge in [-0.2, -0.15) is 0 Å². The molecule has 1 aromatic carbocycles. The largest absolute Gasteiger partial charge is 0.393 e. The normalized spacial score (nSPS) is 18.3. The van der Waals surface area contributed by atoms with Gasteiger partial charge in [0.1, 0.15) is 6.04 Å². The number of hydrogen-bond donors (Lipinski definition) is 4. The molecule has 1 heterocycles. The highest BCUT2D eigenvalue weighted by Crippen LogP contribution is 2.40. The predicted octanol–water partition coefficient (Wildman–Crippen LogP) is 0.879. The molecule has 1 aliphatic heterocycles. The number of carbonyl (C=O) groups is 2. The number of nitrogens with zero attached hydrogens (tertiary/aromatic N) is 1. The van der Waals surface area contributed by atoms with Crippen molar-refractivity contribution in [1.82, 2.24) is 4.90 Å². The zero-order chi connectivity index (χ0) is 16.3. The summed E-state index contributed by atoms with van der Waals surface area (Å²) in [6.07, 6.45) is 0.731. The third-order valence-corrected chi connectivity index (χ3v) is 4.32. The number of amides is 2. The number of aliphatic hydroxyl groups is 1. The SMILES string of the molecule is O=C(Nc1cccc(CO)c1)N1CCC[C@H]1C(=O)P(=O)(O)O. The molecule has 9 heteroatoms. The van der Waals surface area contributed by atoms with Crippen LogP contribution in [0.15, 0.2) is 24.3 Å². The number of anilines is 1. The van der Waals surface area contributed by atoms with E-state index in [0.717, 1.165) is 4.90 Å². The van der Waals surface area contributed by atoms with Crippen LogP contribution in [0, 0.1) is 0 Å². The summed E-state index contributed by atoms with van der Waals surface area (Å²) in [4.78, 5) is 43.0. The second-order valence-corrected chi connectivity index (χ2v) is 6.55. The number of hydrogen-bond acceptors (Lipinski definition) is 4. The molecule has 1 aliphatic rings. The van der Waals surface area contributed by atoms with Gasteiger partial charge in [-0.25, -0.2) is 4.79 Å². The van der Waals surface area contributed by atoms with E-state index in [1.54, 1.807) is 24.3 Å². The average Bonchev–Trinajstić information content (AvgIpc) is 2.95. The van der Waals surface area contributed by atoms with Gasteiger partial charge in [0.25, 0.3) is 5.52 Å². The number of benzene rings is 1. The van der Waals surface area contributed by atoms with Crippen molar-refractivity contribution < 1.29 is 29.0 Å². The van der Waals surface area contributed by atoms with Crippen molar-refractivity contribution in [3.8, 4) is 0 Å². The molecule has 0 spiro atoms. The molecule has 1 atom stereocenters. The lowest BCUT2D eigenvalue weighted by Gasteiger charge is -2.24. The van der Waals surface area contributed by atoms with Crippen molar-refractivity contribution in [1.29, 1.82) is 0 Å². The Bertz CT molecular complexity index is 629. The molecule has 1 aromatic rings. The molecule has 0 saturated carbocycles. The van der Waals surface area contributed by atoms with E-state index in [1.807, 2.05) is 0 Å². The first-order valence-corrected chi connectivity index (χ1v) is 8.31. The molecule has 2 amide bonds. The lowest BCUT2D eigenvalue weighted by atomic mass is 10.2. The second-order valence-electron chi connectivity index (χ2n) is 5.02. The lowest BCUT2D eigenvalue weighted by Crippen LogP contribution is -2.42. The molecule has 22 heavy (non-hydrogen) atoms. The second kappa shape index (κ2) is 6.58. The molecule has 1 fully saturated rings. The zero-order valence-electron chi connectivity index (χ0n) is 11.7. The Balaban J connectivity index is 2.11. The Morgan fingerprint density at radius 3 is 2.73 bits per heavy atom. The first-order chi connectivity index (χ1) is 10.3. The Labute approximate surface area is 126 Å². The number of aliphatic hydroxyl groups excluding tert-OH is 1. The lowest BCUT2D eigenvalue weighted by molar-refractivity contribution is -0.116. The molecule has 0 radical (unpaired) electrons. The highest BCUT2D eigenvalue weighted by atomic mass is 31.2. The number of rotatable bonds is 4. The monoisotopic (exact) mass is 328 g/mol. The van der Waals surface area contributed by atoms with Crippen LogP contribution in [-0.4, -0.2) is 43.9 Å². The molecule has 1 saturated heterocycles. The van der Waals surface area contributed by atoms with E-state index < -0.39 is 25.2 Å². The van der Waals surface area contributed by atoms with E-state index >= 15 is 0 Å². The summed E-state index contributed by atoms with van der Waals surface area (Å²) in [7, 11) is -4.87. The Morgan fingerprint density at radius 1 is 1.36 bits per heavy atom. The Hall–Kier alpha value is -1.73. The van der Waals surface area contributed by atoms with Crippen LogP contribution in [-0.2, 0) is 16.0 Å². The zero-order valence-corrected chi connectivity index (χ0v) is 12.6. The first kappa shape index (κ1) is 16.6. The van der Waals surface area contributed by atoms with Gasteiger partial charge in [0, 0.05) is 12.2 Å². The quantitative estimate of drug-likeness (QED) is 0.608. The van der Waals surface area contributed by atoms with Crippen LogP contribution in [0.4, 0.5) is 10.5 Å². The average molecular weight is 328 g/mol. The van der Waals surface area contributed by atoms with Gasteiger partial charge in [-0.3, -0.25) is 9.36 Å². The van der Waals surface area contributed by atoms with Gasteiger partial charge in [0.15, 0.2) is 0 Å². The van der Waals surface area contributed by atoms with Crippen molar-refractivity contribution in [2.75, 3.05) is 11.9 Å². The van der Waals surface area contributed by atoms with Gasteiger partial charge in [0.05, 0.1) is 6.61 Å². The molecule has 0 aliphatic carbocycles. The van der Waals surface area contributed by atoms with Gasteiger partial charge in [-0.05, 0) is 30.5 Å². The minimum Gasteiger partial charge on any atom is -0.392 e. The summed E-state index contributed by atoms with van der Waals surface area (Å²) in [6.45, 7) is 0.0780. The van der Waals surface area contributed by atoms with Gasteiger partial charge < -0.3 is 25.1 Å². The third kappa shape index (κ3) is 3.72. The van der Waals surface area contributed by atoms with Crippen LogP contribution in [0.5, 0.6) is 0 Å². The minimum absolute atomic E-state index is 0.174. The van der Waals surface area contributed by atoms with Crippen molar-refractivity contribution >= 4 is 24.8 Å². The molecule has 0 aromatic heterocycles. The van der Waals surface area contributed by atoms with E-state index in [0.29, 0.717) is 17.7 Å². The summed E-state index contributed by atoms with van der Waals surface area (Å²) >= 11 is 0. The van der Waals surface area contributed by atoms with Crippen LogP contribution < -0.4 is 5.32 Å². The molecular formula is C13H17N2O6P. The fourth-order valence-corrected chi connectivity index (χ4v) is 3.06. The van der Waals surface area contributed by atoms with E-state index in [-0.39, 0.29) is 19.6 Å². The highest BCUT2D eigenvalue weighted by Gasteiger charge is 2.42. The van der Waals surface area contributed by atoms with Crippen LogP contribution in [0.3, 0.4) is 0 Å². The molecule has 8 nitrogen and oxygen atoms in total. The van der Waals surface area contributed by atoms with Gasteiger partial charge in [0.2, 0.25) is 0 Å². The van der Waals surface area contributed by atoms with Crippen LogP contribution in [0.2, 0.25) is 0 Å². The van der Waals surface area contributed by atoms with E-state index in [2.05, 4.69) is 5.32 Å². The van der Waals surface area contributed by atoms with Crippen molar-refractivity contribution in [3.05, 3.63) is 29.8 Å². The first-order valence-electron chi connectivity index (χ1n) is 6.70. The molecular weight excluding hydrogens is 311 g/mol. The molecule has 4 N–H and O–H groups in total. The highest BCUT2D eigenvalue weighted by molar-refractivity contribution is 7.70. The van der Waals surface area contributed by atoms with E-state index in [4.69, 9.17) is 14.9 Å². The summed E-state index contributed by atoms with van der Waals surface area (Å²) in [5, 5.41) is 11.6. The number of urea groups is 1. The predicted molar refractivity (Wildman–Crippen MR) is 78.2 cm³/mol. The van der Waals surface area contributed by atoms with Crippen molar-refractivity contribution in [2.24, 2.45) is 0 Å². The Morgan fingerprint density at radius 2 is 2.09 bits per heavy atom. The molecule has 0 unspecified atom stereocenters. The van der Waals surface area contributed by atoms with E-state index in [1.165, 1.54) is 0 Å². The summed E-state index contributed by atoms with van der Waals surface area (Å²) in [5.74, 6) is 0. The van der Waals surface area contributed by atoms with Gasteiger partial charge in [-0.15, -0.1) is 0 Å². The summed E-state index contributed by atoms with van der Waals surface area (Å²) < 4.78 is 11.1. The number of likely N-dealkylation sites (tertiary alicyclic amines) is 1. The summed E-state index contributed by atoms with van der Waals surface area (Å²) in [5.41, 5.74) is -0.183. The summed E-state index contributed by atoms with van der Waals surface area (Å²) in [6, 6.07) is 4.83. The third-order valence-electron chi connectivity index (χ3n) is 3.45. The van der Waals surface area contributed by atoms with Crippen LogP contribution in [0.1, 0.15) is 18.4 Å². The van der Waals surface area contributed by atoms with Crippen molar-refractivity contribution in [2.45, 2.75) is 25.5 Å². The Kier molecular flexibility index (Phi) is 4.97. The maximum Gasteiger partial charge on any atom is 0.393 e. The number of carbonyl (C=O) groups excluding carboxylic acids is 2.